The molecule has 9 heteroatoms. The van der Waals surface area contributed by atoms with Gasteiger partial charge in [-0.1, -0.05) is 75.5 Å². The van der Waals surface area contributed by atoms with E-state index in [1.54, 1.807) is 30.3 Å². The lowest BCUT2D eigenvalue weighted by Gasteiger charge is -2.19. The van der Waals surface area contributed by atoms with Gasteiger partial charge in [-0.15, -0.1) is 0 Å². The van der Waals surface area contributed by atoms with Crippen LogP contribution in [-0.4, -0.2) is 20.4 Å². The normalized spacial score (nSPS) is 12.4. The summed E-state index contributed by atoms with van der Waals surface area (Å²) >= 11 is 15.4. The van der Waals surface area contributed by atoms with Crippen molar-refractivity contribution in [1.82, 2.24) is 10.0 Å². The first-order valence-corrected chi connectivity index (χ1v) is 12.3. The third-order valence-corrected chi connectivity index (χ3v) is 7.09. The van der Waals surface area contributed by atoms with E-state index in [1.165, 1.54) is 12.1 Å². The maximum absolute atomic E-state index is 12.9. The first-order valence-electron chi connectivity index (χ1n) is 9.28. The van der Waals surface area contributed by atoms with Gasteiger partial charge < -0.3 is 5.32 Å². The van der Waals surface area contributed by atoms with Crippen molar-refractivity contribution >= 4 is 55.1 Å². The molecule has 1 atom stereocenters. The molecule has 0 spiro atoms. The molecule has 0 heterocycles. The zero-order chi connectivity index (χ0) is 22.4. The maximum Gasteiger partial charge on any atom is 0.241 e. The number of hydrogen-bond donors (Lipinski definition) is 2. The van der Waals surface area contributed by atoms with E-state index in [4.69, 9.17) is 23.2 Å². The summed E-state index contributed by atoms with van der Waals surface area (Å²) in [6, 6.07) is 19.4. The van der Waals surface area contributed by atoms with Gasteiger partial charge in [-0.3, -0.25) is 4.79 Å². The quantitative estimate of drug-likeness (QED) is 0.423. The fraction of sp³-hybridized carbons (Fsp3) is 0.136. The van der Waals surface area contributed by atoms with Gasteiger partial charge >= 0.3 is 0 Å². The summed E-state index contributed by atoms with van der Waals surface area (Å²) in [5.41, 5.74) is 1.50. The van der Waals surface area contributed by atoms with Gasteiger partial charge in [0.1, 0.15) is 6.04 Å². The first-order chi connectivity index (χ1) is 14.7. The standard InChI is InChI=1S/C22H19BrCl2N2O3S/c23-17-7-10-19(11-8-17)31(29,30)27-21(12-15-4-2-1-3-5-15)22(28)26-14-16-6-9-18(24)13-20(16)25/h1-11,13,21,27H,12,14H2,(H,26,28)/t21-/m0/s1. The van der Waals surface area contributed by atoms with E-state index in [0.717, 1.165) is 10.0 Å². The Morgan fingerprint density at radius 1 is 0.968 bits per heavy atom. The van der Waals surface area contributed by atoms with Crippen molar-refractivity contribution in [2.45, 2.75) is 23.9 Å². The summed E-state index contributed by atoms with van der Waals surface area (Å²) in [7, 11) is -3.91. The molecule has 1 amide bonds. The number of amides is 1. The number of hydrogen-bond acceptors (Lipinski definition) is 3. The van der Waals surface area contributed by atoms with Crippen LogP contribution in [-0.2, 0) is 27.8 Å². The Labute approximate surface area is 200 Å². The summed E-state index contributed by atoms with van der Waals surface area (Å²) in [6.07, 6.45) is 0.191. The van der Waals surface area contributed by atoms with Crippen molar-refractivity contribution in [1.29, 1.82) is 0 Å². The van der Waals surface area contributed by atoms with E-state index in [-0.39, 0.29) is 17.9 Å². The van der Waals surface area contributed by atoms with E-state index in [2.05, 4.69) is 26.0 Å². The molecule has 2 N–H and O–H groups in total. The van der Waals surface area contributed by atoms with Crippen LogP contribution in [0.25, 0.3) is 0 Å². The molecule has 3 aromatic carbocycles. The minimum absolute atomic E-state index is 0.0716. The molecule has 0 fully saturated rings. The van der Waals surface area contributed by atoms with Gasteiger partial charge in [-0.25, -0.2) is 8.42 Å². The second kappa shape index (κ2) is 10.6. The average molecular weight is 542 g/mol. The number of nitrogens with one attached hydrogen (secondary N) is 2. The third kappa shape index (κ3) is 6.79. The van der Waals surface area contributed by atoms with Gasteiger partial charge in [0.25, 0.3) is 0 Å². The zero-order valence-corrected chi connectivity index (χ0v) is 20.1. The van der Waals surface area contributed by atoms with Crippen molar-refractivity contribution in [3.63, 3.8) is 0 Å². The van der Waals surface area contributed by atoms with E-state index in [0.29, 0.717) is 15.6 Å². The molecular formula is C22H19BrCl2N2O3S. The minimum atomic E-state index is -3.91. The fourth-order valence-electron chi connectivity index (χ4n) is 2.88. The first kappa shape index (κ1) is 23.8. The zero-order valence-electron chi connectivity index (χ0n) is 16.2. The van der Waals surface area contributed by atoms with Crippen LogP contribution in [0.3, 0.4) is 0 Å². The van der Waals surface area contributed by atoms with Crippen LogP contribution in [0.1, 0.15) is 11.1 Å². The Bertz CT molecular complexity index is 1160. The smallest absolute Gasteiger partial charge is 0.241 e. The lowest BCUT2D eigenvalue weighted by Crippen LogP contribution is -2.47. The highest BCUT2D eigenvalue weighted by molar-refractivity contribution is 9.10. The molecule has 3 rings (SSSR count). The second-order valence-corrected chi connectivity index (χ2v) is 10.2. The predicted octanol–water partition coefficient (Wildman–Crippen LogP) is 4.96. The molecule has 0 saturated carbocycles. The monoisotopic (exact) mass is 540 g/mol. The lowest BCUT2D eigenvalue weighted by atomic mass is 10.1. The molecule has 0 radical (unpaired) electrons. The van der Waals surface area contributed by atoms with Gasteiger partial charge in [0.05, 0.1) is 4.90 Å². The summed E-state index contributed by atoms with van der Waals surface area (Å²) in [5, 5.41) is 3.67. The Morgan fingerprint density at radius 2 is 1.65 bits per heavy atom. The van der Waals surface area contributed by atoms with E-state index in [1.807, 2.05) is 30.3 Å². The van der Waals surface area contributed by atoms with E-state index < -0.39 is 22.0 Å². The van der Waals surface area contributed by atoms with Crippen LogP contribution in [0.5, 0.6) is 0 Å². The van der Waals surface area contributed by atoms with E-state index in [9.17, 15) is 13.2 Å². The number of carbonyl (C=O) groups is 1. The number of sulfonamides is 1. The Balaban J connectivity index is 1.79. The van der Waals surface area contributed by atoms with Gasteiger partial charge in [0, 0.05) is 21.1 Å². The second-order valence-electron chi connectivity index (χ2n) is 6.77. The van der Waals surface area contributed by atoms with Gasteiger partial charge in [-0.2, -0.15) is 4.72 Å². The Kier molecular flexibility index (Phi) is 8.13. The number of rotatable bonds is 8. The Hall–Kier alpha value is -1.90. The largest absolute Gasteiger partial charge is 0.351 e. The molecular weight excluding hydrogens is 523 g/mol. The third-order valence-electron chi connectivity index (χ3n) is 4.49. The van der Waals surface area contributed by atoms with Crippen LogP contribution in [0.4, 0.5) is 0 Å². The Morgan fingerprint density at radius 3 is 2.29 bits per heavy atom. The highest BCUT2D eigenvalue weighted by atomic mass is 79.9. The van der Waals surface area contributed by atoms with Gasteiger partial charge in [-0.05, 0) is 53.9 Å². The average Bonchev–Trinajstić information content (AvgIpc) is 2.73. The van der Waals surface area contributed by atoms with Gasteiger partial charge in [0.2, 0.25) is 15.9 Å². The number of carbonyl (C=O) groups excluding carboxylic acids is 1. The molecule has 31 heavy (non-hydrogen) atoms. The van der Waals surface area contributed by atoms with Crippen molar-refractivity contribution in [2.75, 3.05) is 0 Å². The van der Waals surface area contributed by atoms with Gasteiger partial charge in [0.15, 0.2) is 0 Å². The molecule has 0 aliphatic heterocycles. The molecule has 162 valence electrons. The highest BCUT2D eigenvalue weighted by Crippen LogP contribution is 2.21. The lowest BCUT2D eigenvalue weighted by molar-refractivity contribution is -0.122. The molecule has 0 aliphatic carbocycles. The molecule has 0 unspecified atom stereocenters. The van der Waals surface area contributed by atoms with Crippen molar-refractivity contribution in [2.24, 2.45) is 0 Å². The summed E-state index contributed by atoms with van der Waals surface area (Å²) < 4.78 is 29.0. The molecule has 5 nitrogen and oxygen atoms in total. The van der Waals surface area contributed by atoms with Crippen LogP contribution in [0.2, 0.25) is 10.0 Å². The fourth-order valence-corrected chi connectivity index (χ4v) is 4.81. The molecule has 0 aliphatic rings. The van der Waals surface area contributed by atoms with Crippen molar-refractivity contribution in [3.05, 3.63) is 98.4 Å². The van der Waals surface area contributed by atoms with Crippen LogP contribution >= 0.6 is 39.1 Å². The van der Waals surface area contributed by atoms with Crippen molar-refractivity contribution in [3.8, 4) is 0 Å². The van der Waals surface area contributed by atoms with Crippen LogP contribution < -0.4 is 10.0 Å². The van der Waals surface area contributed by atoms with Crippen LogP contribution in [0, 0.1) is 0 Å². The topological polar surface area (TPSA) is 75.3 Å². The molecule has 0 aromatic heterocycles. The van der Waals surface area contributed by atoms with Crippen molar-refractivity contribution < 1.29 is 13.2 Å². The summed E-state index contributed by atoms with van der Waals surface area (Å²) in [5.74, 6) is -0.462. The predicted molar refractivity (Wildman–Crippen MR) is 127 cm³/mol. The number of halogens is 3. The molecule has 0 saturated heterocycles. The molecule has 0 bridgehead atoms. The maximum atomic E-state index is 12.9. The number of benzene rings is 3. The van der Waals surface area contributed by atoms with E-state index >= 15 is 0 Å². The SMILES string of the molecule is O=C(NCc1ccc(Cl)cc1Cl)[C@H](Cc1ccccc1)NS(=O)(=O)c1ccc(Br)cc1. The highest BCUT2D eigenvalue weighted by Gasteiger charge is 2.26. The molecule has 3 aromatic rings. The van der Waals surface area contributed by atoms with Crippen LogP contribution in [0.15, 0.2) is 82.2 Å². The summed E-state index contributed by atoms with van der Waals surface area (Å²) in [6.45, 7) is 0.139. The summed E-state index contributed by atoms with van der Waals surface area (Å²) in [4.78, 5) is 13.0. The minimum Gasteiger partial charge on any atom is -0.351 e.